The summed E-state index contributed by atoms with van der Waals surface area (Å²) in [5, 5.41) is 0.599. The molecule has 0 aromatic heterocycles. The number of thioether (sulfide) groups is 1. The van der Waals surface area contributed by atoms with Crippen LogP contribution in [0.2, 0.25) is 0 Å². The lowest BCUT2D eigenvalue weighted by Gasteiger charge is -2.07. The number of ether oxygens (including phenoxy) is 1. The molecule has 2 aromatic carbocycles. The number of rotatable bonds is 4. The van der Waals surface area contributed by atoms with Crippen LogP contribution in [0.25, 0.3) is 6.08 Å². The molecule has 0 atom stereocenters. The van der Waals surface area contributed by atoms with Crippen molar-refractivity contribution in [2.24, 2.45) is 4.99 Å². The minimum Gasteiger partial charge on any atom is -0.462 e. The van der Waals surface area contributed by atoms with Gasteiger partial charge in [0.1, 0.15) is 0 Å². The largest absolute Gasteiger partial charge is 0.462 e. The van der Waals surface area contributed by atoms with Crippen LogP contribution in [-0.2, 0) is 9.53 Å². The Balaban J connectivity index is 1.79. The van der Waals surface area contributed by atoms with Crippen molar-refractivity contribution in [1.82, 2.24) is 4.90 Å². The molecule has 5 nitrogen and oxygen atoms in total. The van der Waals surface area contributed by atoms with Gasteiger partial charge < -0.3 is 4.74 Å². The highest BCUT2D eigenvalue weighted by Gasteiger charge is 2.30. The van der Waals surface area contributed by atoms with Crippen molar-refractivity contribution in [1.29, 1.82) is 0 Å². The lowest BCUT2D eigenvalue weighted by molar-refractivity contribution is -0.121. The minimum atomic E-state index is -0.359. The number of carbonyl (C=O) groups is 2. The van der Waals surface area contributed by atoms with Crippen molar-refractivity contribution in [2.75, 3.05) is 13.7 Å². The number of aliphatic imine (C=N–C) groups is 1. The first-order valence-corrected chi connectivity index (χ1v) is 9.39. The molecular formula is C21H20N2O3S. The molecule has 0 N–H and O–H groups in total. The van der Waals surface area contributed by atoms with Gasteiger partial charge in [-0.1, -0.05) is 29.8 Å². The van der Waals surface area contributed by atoms with Gasteiger partial charge in [0.15, 0.2) is 5.17 Å². The fourth-order valence-corrected chi connectivity index (χ4v) is 3.45. The highest BCUT2D eigenvalue weighted by atomic mass is 32.2. The lowest BCUT2D eigenvalue weighted by Crippen LogP contribution is -2.23. The van der Waals surface area contributed by atoms with Crippen LogP contribution in [0.15, 0.2) is 58.4 Å². The first kappa shape index (κ1) is 18.9. The third-order valence-corrected chi connectivity index (χ3v) is 5.04. The van der Waals surface area contributed by atoms with E-state index in [0.29, 0.717) is 27.9 Å². The first-order chi connectivity index (χ1) is 13.0. The van der Waals surface area contributed by atoms with Gasteiger partial charge in [0.05, 0.1) is 22.8 Å². The van der Waals surface area contributed by atoms with Crippen molar-refractivity contribution in [3.63, 3.8) is 0 Å². The van der Waals surface area contributed by atoms with Crippen molar-refractivity contribution >= 4 is 40.6 Å². The number of carbonyl (C=O) groups excluding carboxylic acids is 2. The Labute approximate surface area is 162 Å². The van der Waals surface area contributed by atoms with Crippen LogP contribution in [-0.4, -0.2) is 35.6 Å². The Morgan fingerprint density at radius 1 is 1.15 bits per heavy atom. The van der Waals surface area contributed by atoms with Gasteiger partial charge in [0.2, 0.25) is 0 Å². The molecule has 2 aromatic rings. The van der Waals surface area contributed by atoms with Crippen LogP contribution in [0, 0.1) is 6.92 Å². The summed E-state index contributed by atoms with van der Waals surface area (Å²) in [5.41, 5.74) is 3.30. The molecule has 1 fully saturated rings. The number of amides is 1. The number of aryl methyl sites for hydroxylation is 1. The molecule has 0 saturated carbocycles. The molecule has 0 radical (unpaired) electrons. The molecule has 1 amide bonds. The summed E-state index contributed by atoms with van der Waals surface area (Å²) in [5.74, 6) is -0.440. The molecule has 1 saturated heterocycles. The van der Waals surface area contributed by atoms with Crippen LogP contribution in [0.3, 0.4) is 0 Å². The van der Waals surface area contributed by atoms with Gasteiger partial charge in [-0.25, -0.2) is 9.79 Å². The van der Waals surface area contributed by atoms with Crippen LogP contribution in [0.4, 0.5) is 5.69 Å². The number of hydrogen-bond donors (Lipinski definition) is 0. The molecule has 27 heavy (non-hydrogen) atoms. The molecular weight excluding hydrogens is 360 g/mol. The standard InChI is InChI=1S/C21H20N2O3S/c1-4-26-20(25)16-9-11-17(12-10-16)22-21-23(3)19(24)18(27-21)13-15-7-5-14(2)6-8-15/h5-13H,4H2,1-3H3/b18-13-,22-21?. The second-order valence-electron chi connectivity index (χ2n) is 6.05. The molecule has 1 aliphatic rings. The Kier molecular flexibility index (Phi) is 5.76. The predicted octanol–water partition coefficient (Wildman–Crippen LogP) is 4.41. The second-order valence-corrected chi connectivity index (χ2v) is 7.06. The Hall–Kier alpha value is -2.86. The topological polar surface area (TPSA) is 59.0 Å². The lowest BCUT2D eigenvalue weighted by atomic mass is 10.1. The monoisotopic (exact) mass is 380 g/mol. The summed E-state index contributed by atoms with van der Waals surface area (Å²) in [6.45, 7) is 4.13. The summed E-state index contributed by atoms with van der Waals surface area (Å²) in [6, 6.07) is 14.8. The highest BCUT2D eigenvalue weighted by molar-refractivity contribution is 8.18. The van der Waals surface area contributed by atoms with Gasteiger partial charge in [-0.3, -0.25) is 9.69 Å². The predicted molar refractivity (Wildman–Crippen MR) is 109 cm³/mol. The molecule has 138 valence electrons. The molecule has 3 rings (SSSR count). The van der Waals surface area contributed by atoms with Crippen LogP contribution >= 0.6 is 11.8 Å². The highest BCUT2D eigenvalue weighted by Crippen LogP contribution is 2.33. The second kappa shape index (κ2) is 8.22. The summed E-state index contributed by atoms with van der Waals surface area (Å²) >= 11 is 1.34. The van der Waals surface area contributed by atoms with Crippen LogP contribution in [0.1, 0.15) is 28.4 Å². The van der Waals surface area contributed by atoms with E-state index in [1.807, 2.05) is 37.3 Å². The van der Waals surface area contributed by atoms with Crippen molar-refractivity contribution in [2.45, 2.75) is 13.8 Å². The average Bonchev–Trinajstić information content (AvgIpc) is 2.92. The van der Waals surface area contributed by atoms with E-state index in [9.17, 15) is 9.59 Å². The number of esters is 1. The van der Waals surface area contributed by atoms with Crippen LogP contribution in [0.5, 0.6) is 0 Å². The minimum absolute atomic E-state index is 0.0810. The first-order valence-electron chi connectivity index (χ1n) is 8.58. The summed E-state index contributed by atoms with van der Waals surface area (Å²) in [6.07, 6.45) is 1.87. The Bertz CT molecular complexity index is 915. The van der Waals surface area contributed by atoms with Gasteiger partial charge in [-0.2, -0.15) is 0 Å². The molecule has 0 aliphatic carbocycles. The number of hydrogen-bond acceptors (Lipinski definition) is 5. The van der Waals surface area contributed by atoms with Crippen molar-refractivity contribution in [3.8, 4) is 0 Å². The maximum Gasteiger partial charge on any atom is 0.338 e. The van der Waals surface area contributed by atoms with Gasteiger partial charge in [-0.15, -0.1) is 0 Å². The quantitative estimate of drug-likeness (QED) is 0.582. The summed E-state index contributed by atoms with van der Waals surface area (Å²) < 4.78 is 4.97. The van der Waals surface area contributed by atoms with Gasteiger partial charge >= 0.3 is 5.97 Å². The number of likely N-dealkylation sites (N-methyl/N-ethyl adjacent to an activating group) is 1. The normalized spacial score (nSPS) is 17.0. The van der Waals surface area contributed by atoms with Crippen molar-refractivity contribution < 1.29 is 14.3 Å². The zero-order chi connectivity index (χ0) is 19.4. The van der Waals surface area contributed by atoms with E-state index >= 15 is 0 Å². The summed E-state index contributed by atoms with van der Waals surface area (Å²) in [4.78, 5) is 30.9. The fourth-order valence-electron chi connectivity index (χ4n) is 2.46. The maximum atomic E-state index is 12.5. The third kappa shape index (κ3) is 4.46. The van der Waals surface area contributed by atoms with E-state index in [4.69, 9.17) is 4.74 Å². The fraction of sp³-hybridized carbons (Fsp3) is 0.190. The van der Waals surface area contributed by atoms with E-state index in [2.05, 4.69) is 4.99 Å². The molecule has 0 unspecified atom stereocenters. The zero-order valence-corrected chi connectivity index (χ0v) is 16.2. The van der Waals surface area contributed by atoms with Gasteiger partial charge in [0.25, 0.3) is 5.91 Å². The Morgan fingerprint density at radius 2 is 1.81 bits per heavy atom. The third-order valence-electron chi connectivity index (χ3n) is 3.98. The van der Waals surface area contributed by atoms with E-state index in [0.717, 1.165) is 5.56 Å². The van der Waals surface area contributed by atoms with E-state index in [1.165, 1.54) is 22.2 Å². The number of benzene rings is 2. The Morgan fingerprint density at radius 3 is 2.44 bits per heavy atom. The van der Waals surface area contributed by atoms with Crippen molar-refractivity contribution in [3.05, 3.63) is 70.1 Å². The molecule has 0 bridgehead atoms. The van der Waals surface area contributed by atoms with E-state index < -0.39 is 0 Å². The summed E-state index contributed by atoms with van der Waals surface area (Å²) in [7, 11) is 1.71. The van der Waals surface area contributed by atoms with E-state index in [1.54, 1.807) is 38.2 Å². The number of nitrogens with zero attached hydrogens (tertiary/aromatic N) is 2. The number of amidine groups is 1. The maximum absolute atomic E-state index is 12.5. The molecule has 0 spiro atoms. The van der Waals surface area contributed by atoms with Gasteiger partial charge in [-0.05, 0) is 61.5 Å². The van der Waals surface area contributed by atoms with Gasteiger partial charge in [0, 0.05) is 7.05 Å². The molecule has 1 heterocycles. The SMILES string of the molecule is CCOC(=O)c1ccc(N=C2S/C(=C\c3ccc(C)cc3)C(=O)N2C)cc1. The van der Waals surface area contributed by atoms with Crippen LogP contribution < -0.4 is 0 Å². The molecule has 6 heteroatoms. The molecule has 1 aliphatic heterocycles. The average molecular weight is 380 g/mol. The van der Waals surface area contributed by atoms with E-state index in [-0.39, 0.29) is 11.9 Å². The zero-order valence-electron chi connectivity index (χ0n) is 15.4. The smallest absolute Gasteiger partial charge is 0.338 e.